The number of benzene rings is 1. The fraction of sp³-hybridized carbons (Fsp3) is 0.721. The molecule has 0 amide bonds. The fourth-order valence-electron chi connectivity index (χ4n) is 12.9. The summed E-state index contributed by atoms with van der Waals surface area (Å²) in [5.41, 5.74) is 1.94. The average molecular weight is 641 g/mol. The largest absolute Gasteiger partial charge is 0.481 e. The lowest BCUT2D eigenvalue weighted by atomic mass is 9.32. The maximum atomic E-state index is 13.1. The molecule has 4 heteroatoms. The first kappa shape index (κ1) is 34.3. The van der Waals surface area contributed by atoms with Crippen molar-refractivity contribution < 1.29 is 19.4 Å². The molecule has 0 aromatic heterocycles. The molecule has 4 nitrogen and oxygen atoms in total. The molecule has 256 valence electrons. The van der Waals surface area contributed by atoms with E-state index in [0.29, 0.717) is 29.6 Å². The summed E-state index contributed by atoms with van der Waals surface area (Å²) in [7, 11) is 0. The van der Waals surface area contributed by atoms with Crippen molar-refractivity contribution in [3.63, 3.8) is 0 Å². The third-order valence-electron chi connectivity index (χ3n) is 15.7. The second-order valence-corrected chi connectivity index (χ2v) is 18.7. The number of rotatable bonds is 5. The molecule has 0 saturated heterocycles. The molecule has 0 bridgehead atoms. The Morgan fingerprint density at radius 3 is 2.26 bits per heavy atom. The molecule has 0 aliphatic heterocycles. The van der Waals surface area contributed by atoms with Gasteiger partial charge in [-0.25, -0.2) is 0 Å². The van der Waals surface area contributed by atoms with Gasteiger partial charge < -0.3 is 9.84 Å². The number of allylic oxidation sites excluding steroid dienone is 1. The van der Waals surface area contributed by atoms with E-state index in [1.807, 2.05) is 0 Å². The molecule has 10 atom stereocenters. The minimum atomic E-state index is -1.13. The van der Waals surface area contributed by atoms with Crippen LogP contribution in [0.1, 0.15) is 132 Å². The highest BCUT2D eigenvalue weighted by molar-refractivity contribution is 5.81. The topological polar surface area (TPSA) is 63.6 Å². The molecule has 5 aliphatic rings. The van der Waals surface area contributed by atoms with Crippen LogP contribution in [-0.2, 0) is 14.3 Å². The zero-order valence-corrected chi connectivity index (χ0v) is 30.5. The molecular weight excluding hydrogens is 580 g/mol. The molecular formula is C43H60O4. The number of esters is 1. The van der Waals surface area contributed by atoms with E-state index in [1.54, 1.807) is 13.8 Å². The highest BCUT2D eigenvalue weighted by Crippen LogP contribution is 2.77. The van der Waals surface area contributed by atoms with Crippen LogP contribution in [0.4, 0.5) is 0 Å². The minimum absolute atomic E-state index is 0.0765. The van der Waals surface area contributed by atoms with Crippen molar-refractivity contribution in [1.29, 1.82) is 0 Å². The van der Waals surface area contributed by atoms with Crippen molar-refractivity contribution in [3.05, 3.63) is 48.0 Å². The van der Waals surface area contributed by atoms with Crippen molar-refractivity contribution in [3.8, 4) is 11.8 Å². The summed E-state index contributed by atoms with van der Waals surface area (Å²) in [6.45, 7) is 22.6. The van der Waals surface area contributed by atoms with Gasteiger partial charge in [0.1, 0.15) is 6.10 Å². The summed E-state index contributed by atoms with van der Waals surface area (Å²) in [6, 6.07) is 10.6. The predicted octanol–water partition coefficient (Wildman–Crippen LogP) is 10.1. The quantitative estimate of drug-likeness (QED) is 0.198. The van der Waals surface area contributed by atoms with E-state index in [4.69, 9.17) is 4.74 Å². The van der Waals surface area contributed by atoms with Crippen LogP contribution >= 0.6 is 0 Å². The van der Waals surface area contributed by atoms with E-state index < -0.39 is 11.4 Å². The summed E-state index contributed by atoms with van der Waals surface area (Å²) >= 11 is 0. The van der Waals surface area contributed by atoms with Gasteiger partial charge in [-0.2, -0.15) is 0 Å². The van der Waals surface area contributed by atoms with E-state index in [2.05, 4.69) is 90.3 Å². The third-order valence-corrected chi connectivity index (χ3v) is 15.7. The predicted molar refractivity (Wildman–Crippen MR) is 188 cm³/mol. The minimum Gasteiger partial charge on any atom is -0.481 e. The van der Waals surface area contributed by atoms with Crippen molar-refractivity contribution in [1.82, 2.24) is 0 Å². The number of hydrogen-bond donors (Lipinski definition) is 1. The maximum Gasteiger partial charge on any atom is 0.309 e. The first-order valence-electron chi connectivity index (χ1n) is 18.6. The molecule has 0 spiro atoms. The summed E-state index contributed by atoms with van der Waals surface area (Å²) < 4.78 is 6.18. The summed E-state index contributed by atoms with van der Waals surface area (Å²) in [5, 5.41) is 9.59. The molecule has 1 aromatic rings. The van der Waals surface area contributed by atoms with Gasteiger partial charge in [0.05, 0.1) is 11.8 Å². The van der Waals surface area contributed by atoms with Gasteiger partial charge in [0, 0.05) is 16.4 Å². The van der Waals surface area contributed by atoms with E-state index in [1.165, 1.54) is 50.5 Å². The van der Waals surface area contributed by atoms with Crippen LogP contribution in [0.25, 0.3) is 0 Å². The standard InChI is InChI=1S/C43H60O4/c1-28(2)30-18-24-43(23-17-29-13-11-10-12-14-29)26-25-41(8)31(36(30)43)15-16-33-40(7)21-20-34(47-35(44)27-38(3,4)37(45)46)39(5,6)32(40)19-22-42(33,41)9/h10-14,30-34,36H,1,15-16,18-22,24-27H2,2-9H3,(H,45,46)/t30-,31?,32?,33?,34-,36?,40-,41+,42+,43+/m0/s1. The number of aliphatic carboxylic acids is 1. The Hall–Kier alpha value is -2.54. The summed E-state index contributed by atoms with van der Waals surface area (Å²) in [4.78, 5) is 24.8. The molecule has 4 unspecified atom stereocenters. The Morgan fingerprint density at radius 2 is 1.60 bits per heavy atom. The number of carboxylic acids is 1. The van der Waals surface area contributed by atoms with E-state index in [0.717, 1.165) is 24.8 Å². The van der Waals surface area contributed by atoms with Gasteiger partial charge in [-0.3, -0.25) is 9.59 Å². The molecule has 5 fully saturated rings. The molecule has 0 radical (unpaired) electrons. The van der Waals surface area contributed by atoms with E-state index in [9.17, 15) is 14.7 Å². The van der Waals surface area contributed by atoms with Gasteiger partial charge in [-0.1, -0.05) is 76.8 Å². The van der Waals surface area contributed by atoms with Crippen LogP contribution in [0.2, 0.25) is 0 Å². The van der Waals surface area contributed by atoms with Gasteiger partial charge >= 0.3 is 11.9 Å². The lowest BCUT2D eigenvalue weighted by molar-refractivity contribution is -0.247. The normalized spacial score (nSPS) is 42.0. The Kier molecular flexibility index (Phi) is 8.42. The molecule has 47 heavy (non-hydrogen) atoms. The molecule has 1 aromatic carbocycles. The Bertz CT molecular complexity index is 1480. The van der Waals surface area contributed by atoms with Crippen LogP contribution in [0, 0.1) is 73.9 Å². The van der Waals surface area contributed by atoms with Crippen molar-refractivity contribution in [2.75, 3.05) is 0 Å². The monoisotopic (exact) mass is 640 g/mol. The van der Waals surface area contributed by atoms with E-state index >= 15 is 0 Å². The number of fused-ring (bicyclic) bond motifs is 7. The van der Waals surface area contributed by atoms with Crippen LogP contribution < -0.4 is 0 Å². The number of ether oxygens (including phenoxy) is 1. The fourth-order valence-corrected chi connectivity index (χ4v) is 12.9. The van der Waals surface area contributed by atoms with Crippen LogP contribution in [-0.4, -0.2) is 23.1 Å². The Balaban J connectivity index is 1.28. The lowest BCUT2D eigenvalue weighted by Gasteiger charge is -2.72. The number of carbonyl (C=O) groups is 2. The molecule has 6 rings (SSSR count). The van der Waals surface area contributed by atoms with Gasteiger partial charge in [-0.05, 0) is 143 Å². The van der Waals surface area contributed by atoms with Crippen molar-refractivity contribution in [2.45, 2.75) is 132 Å². The van der Waals surface area contributed by atoms with Gasteiger partial charge in [0.15, 0.2) is 0 Å². The molecule has 5 saturated carbocycles. The van der Waals surface area contributed by atoms with Gasteiger partial charge in [0.2, 0.25) is 0 Å². The van der Waals surface area contributed by atoms with Crippen molar-refractivity contribution >= 4 is 11.9 Å². The van der Waals surface area contributed by atoms with Crippen LogP contribution in [0.15, 0.2) is 42.5 Å². The summed E-state index contributed by atoms with van der Waals surface area (Å²) in [6.07, 6.45) is 11.4. The Morgan fingerprint density at radius 1 is 0.894 bits per heavy atom. The zero-order valence-electron chi connectivity index (χ0n) is 30.5. The highest BCUT2D eigenvalue weighted by Gasteiger charge is 2.71. The van der Waals surface area contributed by atoms with Gasteiger partial charge in [0.25, 0.3) is 0 Å². The zero-order chi connectivity index (χ0) is 34.2. The maximum absolute atomic E-state index is 13.1. The van der Waals surface area contributed by atoms with Gasteiger partial charge in [-0.15, -0.1) is 0 Å². The first-order chi connectivity index (χ1) is 21.9. The van der Waals surface area contributed by atoms with Crippen molar-refractivity contribution in [2.24, 2.45) is 62.1 Å². The number of hydrogen-bond acceptors (Lipinski definition) is 3. The molecule has 0 heterocycles. The summed E-state index contributed by atoms with van der Waals surface area (Å²) in [5.74, 6) is 9.14. The third kappa shape index (κ3) is 5.23. The smallest absolute Gasteiger partial charge is 0.309 e. The second-order valence-electron chi connectivity index (χ2n) is 18.7. The second kappa shape index (κ2) is 11.5. The molecule has 5 aliphatic carbocycles. The average Bonchev–Trinajstić information content (AvgIpc) is 3.38. The first-order valence-corrected chi connectivity index (χ1v) is 18.6. The lowest BCUT2D eigenvalue weighted by Crippen LogP contribution is -2.66. The number of carbonyl (C=O) groups excluding carboxylic acids is 1. The van der Waals surface area contributed by atoms with Crippen LogP contribution in [0.3, 0.4) is 0 Å². The highest BCUT2D eigenvalue weighted by atomic mass is 16.5. The SMILES string of the molecule is C=C(C)[C@@H]1CC[C@]2(C#Cc3ccccc3)CC[C@]3(C)C(CCC4[C@@]5(C)CC[C@H](OC(=O)CC(C)(C)C(=O)O)C(C)(C)C5CC[C@]43C)C12. The Labute approximate surface area is 284 Å². The van der Waals surface area contributed by atoms with E-state index in [-0.39, 0.29) is 45.6 Å². The molecule has 1 N–H and O–H groups in total. The number of carboxylic acid groups (broad SMARTS) is 1. The van der Waals surface area contributed by atoms with Crippen LogP contribution in [0.5, 0.6) is 0 Å².